The fourth-order valence-corrected chi connectivity index (χ4v) is 2.42. The number of halogens is 5. The van der Waals surface area contributed by atoms with Gasteiger partial charge in [-0.25, -0.2) is 0 Å². The molecule has 11 heteroatoms. The number of benzene rings is 1. The third kappa shape index (κ3) is 5.11. The van der Waals surface area contributed by atoms with E-state index < -0.39 is 30.4 Å². The second-order valence-electron chi connectivity index (χ2n) is 5.75. The zero-order valence-corrected chi connectivity index (χ0v) is 15.2. The molecular weight excluding hydrogens is 389 g/mol. The van der Waals surface area contributed by atoms with Gasteiger partial charge in [-0.1, -0.05) is 0 Å². The summed E-state index contributed by atoms with van der Waals surface area (Å²) in [4.78, 5) is 12.4. The number of rotatable bonds is 7. The van der Waals surface area contributed by atoms with Gasteiger partial charge < -0.3 is 14.8 Å². The Labute approximate surface area is 157 Å². The molecule has 0 saturated heterocycles. The van der Waals surface area contributed by atoms with Crippen molar-refractivity contribution in [1.29, 1.82) is 0 Å². The van der Waals surface area contributed by atoms with Crippen molar-refractivity contribution in [2.75, 3.05) is 11.9 Å². The molecule has 0 spiro atoms. The van der Waals surface area contributed by atoms with Crippen molar-refractivity contribution in [2.45, 2.75) is 39.6 Å². The van der Waals surface area contributed by atoms with E-state index in [0.717, 1.165) is 10.7 Å². The van der Waals surface area contributed by atoms with Crippen LogP contribution in [0.5, 0.6) is 11.5 Å². The van der Waals surface area contributed by atoms with E-state index in [4.69, 9.17) is 4.74 Å². The molecule has 154 valence electrons. The monoisotopic (exact) mass is 407 g/mol. The highest BCUT2D eigenvalue weighted by Crippen LogP contribution is 2.32. The molecule has 28 heavy (non-hydrogen) atoms. The average Bonchev–Trinajstić information content (AvgIpc) is 2.98. The summed E-state index contributed by atoms with van der Waals surface area (Å²) in [6.45, 7) is 1.53. The summed E-state index contributed by atoms with van der Waals surface area (Å²) in [7, 11) is 0. The van der Waals surface area contributed by atoms with Gasteiger partial charge in [-0.15, -0.1) is 0 Å². The van der Waals surface area contributed by atoms with E-state index in [1.54, 1.807) is 6.92 Å². The van der Waals surface area contributed by atoms with Crippen LogP contribution in [0.4, 0.5) is 27.6 Å². The third-order valence-corrected chi connectivity index (χ3v) is 3.69. The van der Waals surface area contributed by atoms with Crippen molar-refractivity contribution >= 4 is 11.6 Å². The Bertz CT molecular complexity index is 836. The highest BCUT2D eigenvalue weighted by atomic mass is 19.4. The Hall–Kier alpha value is -2.85. The first-order valence-corrected chi connectivity index (χ1v) is 8.18. The first kappa shape index (κ1) is 21.5. The van der Waals surface area contributed by atoms with Crippen molar-refractivity contribution in [3.05, 3.63) is 35.7 Å². The number of hydrogen-bond donors (Lipinski definition) is 1. The molecule has 0 radical (unpaired) electrons. The van der Waals surface area contributed by atoms with Gasteiger partial charge in [0.1, 0.15) is 6.04 Å². The number of nitrogens with one attached hydrogen (secondary N) is 1. The Morgan fingerprint density at radius 2 is 1.93 bits per heavy atom. The molecule has 0 aliphatic rings. The summed E-state index contributed by atoms with van der Waals surface area (Å²) in [5.74, 6) is -0.867. The molecule has 1 amide bonds. The number of aryl methyl sites for hydroxylation is 1. The standard InChI is InChI=1S/C17H18F5N3O3/c1-4-27-13-8-11(5-6-12(13)28-16(18)19)23-15(26)10(3)25-9(2)7-14(24-25)17(20,21)22/h5-8,10,16H,4H2,1-3H3,(H,23,26). The minimum Gasteiger partial charge on any atom is -0.490 e. The average molecular weight is 407 g/mol. The van der Waals surface area contributed by atoms with Crippen molar-refractivity contribution in [1.82, 2.24) is 9.78 Å². The summed E-state index contributed by atoms with van der Waals surface area (Å²) in [6.07, 6.45) is -4.63. The fraction of sp³-hybridized carbons (Fsp3) is 0.412. The molecular formula is C17H18F5N3O3. The second kappa shape index (κ2) is 8.44. The number of anilines is 1. The van der Waals surface area contributed by atoms with Gasteiger partial charge >= 0.3 is 12.8 Å². The van der Waals surface area contributed by atoms with Gasteiger partial charge in [0.15, 0.2) is 17.2 Å². The lowest BCUT2D eigenvalue weighted by atomic mass is 10.2. The van der Waals surface area contributed by atoms with E-state index in [1.165, 1.54) is 32.0 Å². The lowest BCUT2D eigenvalue weighted by Gasteiger charge is -2.16. The van der Waals surface area contributed by atoms with Gasteiger partial charge in [0, 0.05) is 17.4 Å². The summed E-state index contributed by atoms with van der Waals surface area (Å²) in [6, 6.07) is 3.57. The predicted octanol–water partition coefficient (Wildman–Crippen LogP) is 4.41. The van der Waals surface area contributed by atoms with E-state index in [-0.39, 0.29) is 29.5 Å². The maximum Gasteiger partial charge on any atom is 0.435 e. The summed E-state index contributed by atoms with van der Waals surface area (Å²) in [5.41, 5.74) is -0.745. The van der Waals surface area contributed by atoms with Crippen LogP contribution in [-0.2, 0) is 11.0 Å². The predicted molar refractivity (Wildman–Crippen MR) is 89.5 cm³/mol. The first-order chi connectivity index (χ1) is 13.0. The van der Waals surface area contributed by atoms with Crippen LogP contribution < -0.4 is 14.8 Å². The Morgan fingerprint density at radius 3 is 2.46 bits per heavy atom. The van der Waals surface area contributed by atoms with Gasteiger partial charge in [-0.2, -0.15) is 27.1 Å². The molecule has 6 nitrogen and oxygen atoms in total. The van der Waals surface area contributed by atoms with Gasteiger partial charge in [0.2, 0.25) is 5.91 Å². The summed E-state index contributed by atoms with van der Waals surface area (Å²) >= 11 is 0. The lowest BCUT2D eigenvalue weighted by molar-refractivity contribution is -0.141. The Morgan fingerprint density at radius 1 is 1.25 bits per heavy atom. The van der Waals surface area contributed by atoms with Crippen LogP contribution in [0.15, 0.2) is 24.3 Å². The van der Waals surface area contributed by atoms with Gasteiger partial charge in [-0.3, -0.25) is 9.48 Å². The SMILES string of the molecule is CCOc1cc(NC(=O)C(C)n2nc(C(F)(F)F)cc2C)ccc1OC(F)F. The van der Waals surface area contributed by atoms with Crippen LogP contribution in [-0.4, -0.2) is 28.9 Å². The number of ether oxygens (including phenoxy) is 2. The lowest BCUT2D eigenvalue weighted by Crippen LogP contribution is -2.25. The van der Waals surface area contributed by atoms with Crippen molar-refractivity contribution in [3.8, 4) is 11.5 Å². The summed E-state index contributed by atoms with van der Waals surface area (Å²) in [5, 5.41) is 5.93. The van der Waals surface area contributed by atoms with E-state index in [0.29, 0.717) is 0 Å². The first-order valence-electron chi connectivity index (χ1n) is 8.18. The molecule has 1 unspecified atom stereocenters. The molecule has 1 aromatic heterocycles. The quantitative estimate of drug-likeness (QED) is 0.691. The molecule has 1 N–H and O–H groups in total. The number of aromatic nitrogens is 2. The molecule has 0 aliphatic carbocycles. The maximum absolute atomic E-state index is 12.8. The van der Waals surface area contributed by atoms with Gasteiger partial charge in [0.25, 0.3) is 0 Å². The topological polar surface area (TPSA) is 65.4 Å². The number of alkyl halides is 5. The largest absolute Gasteiger partial charge is 0.490 e. The fourth-order valence-electron chi connectivity index (χ4n) is 2.42. The molecule has 0 fully saturated rings. The van der Waals surface area contributed by atoms with Crippen LogP contribution >= 0.6 is 0 Å². The molecule has 0 aliphatic heterocycles. The molecule has 0 saturated carbocycles. The minimum atomic E-state index is -4.63. The van der Waals surface area contributed by atoms with E-state index in [1.807, 2.05) is 0 Å². The zero-order valence-electron chi connectivity index (χ0n) is 15.2. The number of hydrogen-bond acceptors (Lipinski definition) is 4. The Balaban J connectivity index is 2.20. The van der Waals surface area contributed by atoms with E-state index in [9.17, 15) is 26.7 Å². The number of nitrogens with zero attached hydrogens (tertiary/aromatic N) is 2. The molecule has 2 rings (SSSR count). The van der Waals surface area contributed by atoms with Crippen molar-refractivity contribution in [3.63, 3.8) is 0 Å². The smallest absolute Gasteiger partial charge is 0.435 e. The summed E-state index contributed by atoms with van der Waals surface area (Å²) < 4.78 is 73.7. The molecule has 0 bridgehead atoms. The highest BCUT2D eigenvalue weighted by molar-refractivity contribution is 5.93. The second-order valence-corrected chi connectivity index (χ2v) is 5.75. The van der Waals surface area contributed by atoms with Gasteiger partial charge in [-0.05, 0) is 39.0 Å². The van der Waals surface area contributed by atoms with Crippen LogP contribution in [0.1, 0.15) is 31.3 Å². The maximum atomic E-state index is 12.8. The zero-order chi connectivity index (χ0) is 21.1. The van der Waals surface area contributed by atoms with E-state index >= 15 is 0 Å². The highest BCUT2D eigenvalue weighted by Gasteiger charge is 2.35. The van der Waals surface area contributed by atoms with Gasteiger partial charge in [0.05, 0.1) is 6.61 Å². The normalized spacial score (nSPS) is 12.8. The number of amides is 1. The molecule has 1 aromatic carbocycles. The van der Waals surface area contributed by atoms with Crippen LogP contribution in [0.3, 0.4) is 0 Å². The molecule has 1 atom stereocenters. The number of carbonyl (C=O) groups is 1. The molecule has 2 aromatic rings. The number of carbonyl (C=O) groups excluding carboxylic acids is 1. The van der Waals surface area contributed by atoms with Crippen LogP contribution in [0.25, 0.3) is 0 Å². The molecule has 1 heterocycles. The van der Waals surface area contributed by atoms with Crippen molar-refractivity contribution < 1.29 is 36.2 Å². The van der Waals surface area contributed by atoms with Crippen LogP contribution in [0, 0.1) is 6.92 Å². The minimum absolute atomic E-state index is 0.0112. The third-order valence-electron chi connectivity index (χ3n) is 3.69. The van der Waals surface area contributed by atoms with E-state index in [2.05, 4.69) is 15.2 Å². The Kier molecular flexibility index (Phi) is 6.47. The van der Waals surface area contributed by atoms with Crippen molar-refractivity contribution in [2.24, 2.45) is 0 Å². The van der Waals surface area contributed by atoms with Crippen LogP contribution in [0.2, 0.25) is 0 Å².